The minimum absolute atomic E-state index is 0.0280. The van der Waals surface area contributed by atoms with Crippen LogP contribution in [0.3, 0.4) is 0 Å². The molecule has 2 rings (SSSR count). The van der Waals surface area contributed by atoms with Crippen molar-refractivity contribution in [1.29, 1.82) is 0 Å². The third-order valence-corrected chi connectivity index (χ3v) is 2.33. The molecule has 0 spiro atoms. The van der Waals surface area contributed by atoms with Gasteiger partial charge in [0.05, 0.1) is 0 Å². The topological polar surface area (TPSA) is 22.1 Å². The Hall–Kier alpha value is -1.97. The maximum atomic E-state index is 13.4. The molecule has 88 valence electrons. The number of nitrogens with zero attached hydrogens (tertiary/aromatic N) is 1. The highest BCUT2D eigenvalue weighted by Gasteiger charge is 2.09. The van der Waals surface area contributed by atoms with Crippen molar-refractivity contribution in [3.05, 3.63) is 53.7 Å². The quantitative estimate of drug-likeness (QED) is 0.809. The first-order valence-electron chi connectivity index (χ1n) is 5.27. The molecular formula is C13H11F2NO. The zero-order valence-corrected chi connectivity index (χ0v) is 9.28. The number of rotatable bonds is 3. The van der Waals surface area contributed by atoms with Crippen LogP contribution in [0.5, 0.6) is 11.6 Å². The number of benzene rings is 1. The van der Waals surface area contributed by atoms with E-state index < -0.39 is 11.6 Å². The minimum Gasteiger partial charge on any atom is -0.436 e. The fourth-order valence-electron chi connectivity index (χ4n) is 1.45. The fourth-order valence-corrected chi connectivity index (χ4v) is 1.45. The summed E-state index contributed by atoms with van der Waals surface area (Å²) in [6.45, 7) is 1.95. The highest BCUT2D eigenvalue weighted by atomic mass is 19.1. The predicted octanol–water partition coefficient (Wildman–Crippen LogP) is 3.71. The van der Waals surface area contributed by atoms with E-state index in [2.05, 4.69) is 4.98 Å². The summed E-state index contributed by atoms with van der Waals surface area (Å²) in [6, 6.07) is 6.81. The van der Waals surface area contributed by atoms with Crippen molar-refractivity contribution in [1.82, 2.24) is 4.98 Å². The van der Waals surface area contributed by atoms with Gasteiger partial charge in [-0.1, -0.05) is 13.0 Å². The maximum absolute atomic E-state index is 13.4. The molecule has 0 unspecified atom stereocenters. The number of pyridine rings is 1. The molecule has 1 aromatic heterocycles. The van der Waals surface area contributed by atoms with Crippen molar-refractivity contribution in [2.75, 3.05) is 0 Å². The van der Waals surface area contributed by atoms with Crippen molar-refractivity contribution in [3.63, 3.8) is 0 Å². The summed E-state index contributed by atoms with van der Waals surface area (Å²) in [5.74, 6) is -1.05. The van der Waals surface area contributed by atoms with Gasteiger partial charge in [-0.2, -0.15) is 0 Å². The molecule has 0 saturated carbocycles. The van der Waals surface area contributed by atoms with E-state index >= 15 is 0 Å². The van der Waals surface area contributed by atoms with Gasteiger partial charge in [0.1, 0.15) is 5.82 Å². The third kappa shape index (κ3) is 2.58. The second-order valence-electron chi connectivity index (χ2n) is 3.50. The van der Waals surface area contributed by atoms with E-state index in [0.717, 1.165) is 24.1 Å². The zero-order chi connectivity index (χ0) is 12.3. The van der Waals surface area contributed by atoms with E-state index in [1.807, 2.05) is 13.0 Å². The van der Waals surface area contributed by atoms with Gasteiger partial charge in [0.25, 0.3) is 0 Å². The summed E-state index contributed by atoms with van der Waals surface area (Å²) in [4.78, 5) is 4.03. The highest BCUT2D eigenvalue weighted by molar-refractivity contribution is 5.33. The molecule has 1 heterocycles. The summed E-state index contributed by atoms with van der Waals surface area (Å²) in [5.41, 5.74) is 0.872. The van der Waals surface area contributed by atoms with Gasteiger partial charge in [-0.15, -0.1) is 0 Å². The standard InChI is InChI=1S/C13H11F2NO/c1-2-9-4-3-7-16-13(9)17-12-6-5-10(14)8-11(12)15/h3-8H,2H2,1H3. The van der Waals surface area contributed by atoms with Crippen LogP contribution in [-0.2, 0) is 6.42 Å². The Morgan fingerprint density at radius 3 is 2.76 bits per heavy atom. The second kappa shape index (κ2) is 4.91. The molecule has 0 bridgehead atoms. The van der Waals surface area contributed by atoms with Gasteiger partial charge in [-0.3, -0.25) is 0 Å². The second-order valence-corrected chi connectivity index (χ2v) is 3.50. The Morgan fingerprint density at radius 1 is 1.24 bits per heavy atom. The van der Waals surface area contributed by atoms with E-state index in [9.17, 15) is 8.78 Å². The van der Waals surface area contributed by atoms with Crippen LogP contribution in [0.2, 0.25) is 0 Å². The number of aromatic nitrogens is 1. The van der Waals surface area contributed by atoms with Crippen molar-refractivity contribution in [3.8, 4) is 11.6 Å². The van der Waals surface area contributed by atoms with Crippen LogP contribution in [0.15, 0.2) is 36.5 Å². The Bertz CT molecular complexity index is 529. The number of halogens is 2. The van der Waals surface area contributed by atoms with Crippen LogP contribution < -0.4 is 4.74 Å². The van der Waals surface area contributed by atoms with Crippen LogP contribution in [0, 0.1) is 11.6 Å². The Kier molecular flexibility index (Phi) is 3.32. The van der Waals surface area contributed by atoms with Crippen LogP contribution in [-0.4, -0.2) is 4.98 Å². The molecule has 0 saturated heterocycles. The third-order valence-electron chi connectivity index (χ3n) is 2.33. The lowest BCUT2D eigenvalue weighted by molar-refractivity contribution is 0.419. The molecule has 2 nitrogen and oxygen atoms in total. The summed E-state index contributed by atoms with van der Waals surface area (Å²) in [6.07, 6.45) is 2.29. The Labute approximate surface area is 97.9 Å². The minimum atomic E-state index is -0.738. The lowest BCUT2D eigenvalue weighted by Gasteiger charge is -2.08. The first-order chi connectivity index (χ1) is 8.20. The predicted molar refractivity (Wildman–Crippen MR) is 60.0 cm³/mol. The van der Waals surface area contributed by atoms with Crippen LogP contribution in [0.1, 0.15) is 12.5 Å². The summed E-state index contributed by atoms with van der Waals surface area (Å²) >= 11 is 0. The highest BCUT2D eigenvalue weighted by Crippen LogP contribution is 2.26. The molecule has 0 aliphatic rings. The number of hydrogen-bond acceptors (Lipinski definition) is 2. The fraction of sp³-hybridized carbons (Fsp3) is 0.154. The largest absolute Gasteiger partial charge is 0.436 e. The van der Waals surface area contributed by atoms with Crippen LogP contribution in [0.25, 0.3) is 0 Å². The normalized spacial score (nSPS) is 10.3. The number of hydrogen-bond donors (Lipinski definition) is 0. The van der Waals surface area contributed by atoms with E-state index in [-0.39, 0.29) is 5.75 Å². The molecule has 0 aliphatic carbocycles. The zero-order valence-electron chi connectivity index (χ0n) is 9.28. The van der Waals surface area contributed by atoms with Gasteiger partial charge in [-0.05, 0) is 24.6 Å². The molecule has 4 heteroatoms. The average molecular weight is 235 g/mol. The van der Waals surface area contributed by atoms with Crippen LogP contribution in [0.4, 0.5) is 8.78 Å². The molecule has 0 amide bonds. The molecular weight excluding hydrogens is 224 g/mol. The SMILES string of the molecule is CCc1cccnc1Oc1ccc(F)cc1F. The van der Waals surface area contributed by atoms with E-state index in [1.54, 1.807) is 12.3 Å². The van der Waals surface area contributed by atoms with Crippen LogP contribution >= 0.6 is 0 Å². The molecule has 17 heavy (non-hydrogen) atoms. The summed E-state index contributed by atoms with van der Waals surface area (Å²) in [7, 11) is 0. The number of ether oxygens (including phenoxy) is 1. The lowest BCUT2D eigenvalue weighted by Crippen LogP contribution is -1.95. The molecule has 0 fully saturated rings. The Balaban J connectivity index is 2.31. The molecule has 0 atom stereocenters. The first kappa shape index (κ1) is 11.5. The molecule has 2 aromatic rings. The van der Waals surface area contributed by atoms with Gasteiger partial charge < -0.3 is 4.74 Å². The number of aryl methyl sites for hydroxylation is 1. The van der Waals surface area contributed by atoms with E-state index in [0.29, 0.717) is 5.88 Å². The van der Waals surface area contributed by atoms with Gasteiger partial charge in [0, 0.05) is 17.8 Å². The van der Waals surface area contributed by atoms with Gasteiger partial charge in [0.2, 0.25) is 5.88 Å². The average Bonchev–Trinajstić information content (AvgIpc) is 2.33. The van der Waals surface area contributed by atoms with Gasteiger partial charge >= 0.3 is 0 Å². The van der Waals surface area contributed by atoms with Gasteiger partial charge in [-0.25, -0.2) is 13.8 Å². The van der Waals surface area contributed by atoms with Crippen molar-refractivity contribution < 1.29 is 13.5 Å². The van der Waals surface area contributed by atoms with Crippen molar-refractivity contribution in [2.24, 2.45) is 0 Å². The first-order valence-corrected chi connectivity index (χ1v) is 5.27. The van der Waals surface area contributed by atoms with E-state index in [1.165, 1.54) is 6.07 Å². The monoisotopic (exact) mass is 235 g/mol. The molecule has 0 radical (unpaired) electrons. The summed E-state index contributed by atoms with van der Waals surface area (Å²) < 4.78 is 31.4. The maximum Gasteiger partial charge on any atom is 0.222 e. The lowest BCUT2D eigenvalue weighted by atomic mass is 10.2. The van der Waals surface area contributed by atoms with Crippen molar-refractivity contribution >= 4 is 0 Å². The molecule has 0 aliphatic heterocycles. The molecule has 1 aromatic carbocycles. The molecule has 0 N–H and O–H groups in total. The van der Waals surface area contributed by atoms with Gasteiger partial charge in [0.15, 0.2) is 11.6 Å². The Morgan fingerprint density at radius 2 is 2.06 bits per heavy atom. The van der Waals surface area contributed by atoms with E-state index in [4.69, 9.17) is 4.74 Å². The van der Waals surface area contributed by atoms with Crippen molar-refractivity contribution in [2.45, 2.75) is 13.3 Å². The summed E-state index contributed by atoms with van der Waals surface area (Å²) in [5, 5.41) is 0. The smallest absolute Gasteiger partial charge is 0.222 e.